The van der Waals surface area contributed by atoms with Gasteiger partial charge in [0.15, 0.2) is 5.82 Å². The summed E-state index contributed by atoms with van der Waals surface area (Å²) in [6.07, 6.45) is 0.967. The van der Waals surface area contributed by atoms with Crippen molar-refractivity contribution in [1.82, 2.24) is 10.3 Å². The fourth-order valence-corrected chi connectivity index (χ4v) is 1.09. The second-order valence-electron chi connectivity index (χ2n) is 3.17. The molecule has 0 spiro atoms. The Balaban J connectivity index is 2.41. The summed E-state index contributed by atoms with van der Waals surface area (Å²) >= 11 is 0. The zero-order valence-electron chi connectivity index (χ0n) is 9.15. The van der Waals surface area contributed by atoms with Crippen molar-refractivity contribution in [1.29, 1.82) is 0 Å². The first-order chi connectivity index (χ1) is 8.52. The van der Waals surface area contributed by atoms with Crippen LogP contribution in [0.4, 0.5) is 8.78 Å². The van der Waals surface area contributed by atoms with E-state index in [0.29, 0.717) is 0 Å². The van der Waals surface area contributed by atoms with Gasteiger partial charge in [0, 0.05) is 12.7 Å². The van der Waals surface area contributed by atoms with Gasteiger partial charge in [-0.05, 0) is 6.07 Å². The molecule has 0 aliphatic heterocycles. The highest BCUT2D eigenvalue weighted by Crippen LogP contribution is 2.08. The average Bonchev–Trinajstić information content (AvgIpc) is 2.31. The van der Waals surface area contributed by atoms with Crippen LogP contribution < -0.4 is 5.32 Å². The number of carboxylic acids is 1. The van der Waals surface area contributed by atoms with Crippen molar-refractivity contribution < 1.29 is 28.2 Å². The molecule has 1 rings (SSSR count). The summed E-state index contributed by atoms with van der Waals surface area (Å²) in [5.41, 5.74) is -0.472. The fourth-order valence-electron chi connectivity index (χ4n) is 1.09. The lowest BCUT2D eigenvalue weighted by atomic mass is 10.2. The quantitative estimate of drug-likeness (QED) is 0.563. The molecule has 0 aliphatic rings. The number of carboxylic acid groups (broad SMARTS) is 1. The van der Waals surface area contributed by atoms with Gasteiger partial charge in [-0.1, -0.05) is 0 Å². The van der Waals surface area contributed by atoms with E-state index in [2.05, 4.69) is 15.0 Å². The van der Waals surface area contributed by atoms with Crippen molar-refractivity contribution in [3.05, 3.63) is 29.6 Å². The SMILES string of the molecule is O=C(O)COCCNC(=O)c1ccnc(F)c1F. The Morgan fingerprint density at radius 3 is 2.83 bits per heavy atom. The topological polar surface area (TPSA) is 88.5 Å². The number of carbonyl (C=O) groups excluding carboxylic acids is 1. The molecule has 1 heterocycles. The molecular formula is C10H10F2N2O4. The van der Waals surface area contributed by atoms with Crippen LogP contribution in [0.25, 0.3) is 0 Å². The lowest BCUT2D eigenvalue weighted by molar-refractivity contribution is -0.142. The fraction of sp³-hybridized carbons (Fsp3) is 0.300. The Labute approximate surface area is 101 Å². The van der Waals surface area contributed by atoms with Gasteiger partial charge in [0.1, 0.15) is 6.61 Å². The third-order valence-corrected chi connectivity index (χ3v) is 1.85. The average molecular weight is 260 g/mol. The van der Waals surface area contributed by atoms with E-state index in [1.807, 2.05) is 0 Å². The Morgan fingerprint density at radius 1 is 1.44 bits per heavy atom. The summed E-state index contributed by atoms with van der Waals surface area (Å²) in [5, 5.41) is 10.5. The van der Waals surface area contributed by atoms with E-state index in [1.165, 1.54) is 0 Å². The van der Waals surface area contributed by atoms with Gasteiger partial charge in [-0.15, -0.1) is 0 Å². The van der Waals surface area contributed by atoms with Crippen molar-refractivity contribution in [3.8, 4) is 0 Å². The van der Waals surface area contributed by atoms with Crippen LogP contribution in [0.1, 0.15) is 10.4 Å². The van der Waals surface area contributed by atoms with Crippen LogP contribution >= 0.6 is 0 Å². The third-order valence-electron chi connectivity index (χ3n) is 1.85. The van der Waals surface area contributed by atoms with E-state index in [4.69, 9.17) is 5.11 Å². The molecule has 98 valence electrons. The summed E-state index contributed by atoms with van der Waals surface area (Å²) in [5.74, 6) is -4.65. The summed E-state index contributed by atoms with van der Waals surface area (Å²) in [7, 11) is 0. The molecule has 1 aromatic rings. The van der Waals surface area contributed by atoms with Gasteiger partial charge in [-0.25, -0.2) is 14.2 Å². The first-order valence-corrected chi connectivity index (χ1v) is 4.90. The van der Waals surface area contributed by atoms with Crippen molar-refractivity contribution >= 4 is 11.9 Å². The third kappa shape index (κ3) is 4.06. The highest BCUT2D eigenvalue weighted by molar-refractivity contribution is 5.94. The highest BCUT2D eigenvalue weighted by atomic mass is 19.2. The predicted molar refractivity (Wildman–Crippen MR) is 54.9 cm³/mol. The Hall–Kier alpha value is -2.09. The van der Waals surface area contributed by atoms with Gasteiger partial charge in [-0.2, -0.15) is 4.39 Å². The van der Waals surface area contributed by atoms with Crippen LogP contribution in [-0.2, 0) is 9.53 Å². The molecule has 0 saturated carbocycles. The number of pyridine rings is 1. The van der Waals surface area contributed by atoms with E-state index in [1.54, 1.807) is 0 Å². The number of amides is 1. The van der Waals surface area contributed by atoms with Gasteiger partial charge >= 0.3 is 5.97 Å². The van der Waals surface area contributed by atoms with E-state index < -0.39 is 35.8 Å². The summed E-state index contributed by atoms with van der Waals surface area (Å²) < 4.78 is 30.5. The van der Waals surface area contributed by atoms with Gasteiger partial charge in [0.05, 0.1) is 12.2 Å². The van der Waals surface area contributed by atoms with Crippen LogP contribution in [0, 0.1) is 11.8 Å². The molecule has 0 radical (unpaired) electrons. The Bertz CT molecular complexity index is 454. The maximum Gasteiger partial charge on any atom is 0.329 e. The minimum Gasteiger partial charge on any atom is -0.480 e. The highest BCUT2D eigenvalue weighted by Gasteiger charge is 2.15. The van der Waals surface area contributed by atoms with Gasteiger partial charge in [0.25, 0.3) is 5.91 Å². The molecule has 0 atom stereocenters. The number of nitrogens with one attached hydrogen (secondary N) is 1. The molecule has 1 aromatic heterocycles. The molecular weight excluding hydrogens is 250 g/mol. The second-order valence-corrected chi connectivity index (χ2v) is 3.17. The smallest absolute Gasteiger partial charge is 0.329 e. The van der Waals surface area contributed by atoms with Crippen molar-refractivity contribution in [2.45, 2.75) is 0 Å². The molecule has 1 amide bonds. The minimum absolute atomic E-state index is 0.0184. The number of nitrogens with zero attached hydrogens (tertiary/aromatic N) is 1. The lowest BCUT2D eigenvalue weighted by Gasteiger charge is -2.06. The number of hydrogen-bond acceptors (Lipinski definition) is 4. The molecule has 2 N–H and O–H groups in total. The maximum absolute atomic E-state index is 13.1. The van der Waals surface area contributed by atoms with E-state index in [9.17, 15) is 18.4 Å². The molecule has 18 heavy (non-hydrogen) atoms. The number of halogens is 2. The van der Waals surface area contributed by atoms with E-state index >= 15 is 0 Å². The second kappa shape index (κ2) is 6.60. The molecule has 0 bridgehead atoms. The number of rotatable bonds is 6. The standard InChI is InChI=1S/C10H10F2N2O4/c11-8-6(1-2-13-9(8)12)10(17)14-3-4-18-5-7(15)16/h1-2H,3-5H2,(H,14,17)(H,15,16). The number of ether oxygens (including phenoxy) is 1. The zero-order chi connectivity index (χ0) is 13.5. The number of aliphatic carboxylic acids is 1. The van der Waals surface area contributed by atoms with Crippen molar-refractivity contribution in [3.63, 3.8) is 0 Å². The van der Waals surface area contributed by atoms with Gasteiger partial charge < -0.3 is 15.2 Å². The van der Waals surface area contributed by atoms with Crippen molar-refractivity contribution in [2.75, 3.05) is 19.8 Å². The van der Waals surface area contributed by atoms with Crippen LogP contribution in [-0.4, -0.2) is 41.7 Å². The molecule has 0 fully saturated rings. The first-order valence-electron chi connectivity index (χ1n) is 4.90. The van der Waals surface area contributed by atoms with E-state index in [-0.39, 0.29) is 13.2 Å². The number of carbonyl (C=O) groups is 2. The van der Waals surface area contributed by atoms with Gasteiger partial charge in [-0.3, -0.25) is 4.79 Å². The van der Waals surface area contributed by atoms with Gasteiger partial charge in [0.2, 0.25) is 5.95 Å². The summed E-state index contributed by atoms with van der Waals surface area (Å²) in [4.78, 5) is 24.5. The zero-order valence-corrected chi connectivity index (χ0v) is 9.15. The van der Waals surface area contributed by atoms with Crippen LogP contribution in [0.5, 0.6) is 0 Å². The maximum atomic E-state index is 13.1. The number of hydrogen-bond donors (Lipinski definition) is 2. The molecule has 0 saturated heterocycles. The predicted octanol–water partition coefficient (Wildman–Crippen LogP) is 0.191. The van der Waals surface area contributed by atoms with Crippen molar-refractivity contribution in [2.24, 2.45) is 0 Å². The monoisotopic (exact) mass is 260 g/mol. The van der Waals surface area contributed by atoms with Crippen LogP contribution in [0.15, 0.2) is 12.3 Å². The molecule has 0 unspecified atom stereocenters. The molecule has 6 nitrogen and oxygen atoms in total. The summed E-state index contributed by atoms with van der Waals surface area (Å²) in [6.45, 7) is -0.559. The minimum atomic E-state index is -1.36. The number of aromatic nitrogens is 1. The van der Waals surface area contributed by atoms with Crippen LogP contribution in [0.3, 0.4) is 0 Å². The van der Waals surface area contributed by atoms with E-state index in [0.717, 1.165) is 12.3 Å². The largest absolute Gasteiger partial charge is 0.480 e. The Kier molecular flexibility index (Phi) is 5.12. The first kappa shape index (κ1) is 14.0. The van der Waals surface area contributed by atoms with Crippen LogP contribution in [0.2, 0.25) is 0 Å². The summed E-state index contributed by atoms with van der Waals surface area (Å²) in [6, 6.07) is 1.03. The Morgan fingerprint density at radius 2 is 2.17 bits per heavy atom. The lowest BCUT2D eigenvalue weighted by Crippen LogP contribution is -2.29. The molecule has 0 aliphatic carbocycles. The molecule has 0 aromatic carbocycles. The normalized spacial score (nSPS) is 10.1. The molecule has 8 heteroatoms.